The monoisotopic (exact) mass is 596 g/mol. The summed E-state index contributed by atoms with van der Waals surface area (Å²) in [5, 5.41) is 25.0. The fraction of sp³-hybridized carbons (Fsp3) is 0.421. The molecule has 5 rings (SSSR count). The summed E-state index contributed by atoms with van der Waals surface area (Å²) in [7, 11) is 0. The zero-order chi connectivity index (χ0) is 20.6. The van der Waals surface area contributed by atoms with Crippen molar-refractivity contribution in [3.05, 3.63) is 44.2 Å². The molecule has 0 amide bonds. The van der Waals surface area contributed by atoms with Crippen LogP contribution in [0.2, 0.25) is 0 Å². The number of amidine groups is 1. The maximum absolute atomic E-state index is 13.0. The Hall–Kier alpha value is 0.369. The molecule has 0 saturated heterocycles. The van der Waals surface area contributed by atoms with Gasteiger partial charge in [0.05, 0.1) is 0 Å². The molecule has 0 atom stereocenters. The topological polar surface area (TPSA) is 49.5 Å². The van der Waals surface area contributed by atoms with E-state index in [1.54, 1.807) is 11.0 Å². The van der Waals surface area contributed by atoms with Gasteiger partial charge in [0.1, 0.15) is 0 Å². The van der Waals surface area contributed by atoms with Crippen molar-refractivity contribution in [2.45, 2.75) is 48.6 Å². The predicted octanol–water partition coefficient (Wildman–Crippen LogP) is 4.56. The van der Waals surface area contributed by atoms with Crippen LogP contribution in [0.1, 0.15) is 33.3 Å². The van der Waals surface area contributed by atoms with E-state index in [1.807, 2.05) is 57.3 Å². The van der Waals surface area contributed by atoms with Crippen LogP contribution in [0.5, 0.6) is 0 Å². The molecule has 1 aromatic carbocycles. The molecule has 0 spiro atoms. The standard InChI is InChI=1S/C19H20N2O2S4Se2/c1-18(2)19(3,4)21(23)13(20(18)22)10-5-6-11-12(9-10)27-14(26-11)17-28-15-16(29-17)25-8-7-24-15/h5-6,9,22H,7-8H2,1-4H3. The molecular formula is C19H20N2O2S4Se2. The van der Waals surface area contributed by atoms with Gasteiger partial charge in [-0.2, -0.15) is 0 Å². The van der Waals surface area contributed by atoms with Crippen molar-refractivity contribution in [2.24, 2.45) is 0 Å². The summed E-state index contributed by atoms with van der Waals surface area (Å²) in [6.45, 7) is 7.57. The first-order valence-electron chi connectivity index (χ1n) is 9.13. The van der Waals surface area contributed by atoms with E-state index in [-0.39, 0.29) is 0 Å². The van der Waals surface area contributed by atoms with Gasteiger partial charge in [-0.15, -0.1) is 0 Å². The molecule has 10 heteroatoms. The normalized spacial score (nSPS) is 25.2. The Morgan fingerprint density at radius 3 is 2.24 bits per heavy atom. The molecule has 0 radical (unpaired) electrons. The summed E-state index contributed by atoms with van der Waals surface area (Å²) in [5.41, 5.74) is -0.613. The molecule has 154 valence electrons. The van der Waals surface area contributed by atoms with Crippen molar-refractivity contribution >= 4 is 82.8 Å². The molecular weight excluding hydrogens is 574 g/mol. The fourth-order valence-electron chi connectivity index (χ4n) is 3.28. The van der Waals surface area contributed by atoms with Crippen LogP contribution in [0.4, 0.5) is 0 Å². The van der Waals surface area contributed by atoms with Gasteiger partial charge in [0.15, 0.2) is 0 Å². The van der Waals surface area contributed by atoms with E-state index in [2.05, 4.69) is 35.7 Å². The van der Waals surface area contributed by atoms with Gasteiger partial charge >= 0.3 is 202 Å². The van der Waals surface area contributed by atoms with Crippen molar-refractivity contribution in [3.8, 4) is 0 Å². The van der Waals surface area contributed by atoms with Gasteiger partial charge < -0.3 is 0 Å². The van der Waals surface area contributed by atoms with Crippen LogP contribution in [-0.2, 0) is 0 Å². The van der Waals surface area contributed by atoms with Crippen molar-refractivity contribution in [3.63, 3.8) is 0 Å². The van der Waals surface area contributed by atoms with E-state index < -0.39 is 11.1 Å². The van der Waals surface area contributed by atoms with Gasteiger partial charge in [0.2, 0.25) is 0 Å². The third-order valence-electron chi connectivity index (χ3n) is 5.79. The third kappa shape index (κ3) is 3.30. The van der Waals surface area contributed by atoms with E-state index >= 15 is 0 Å². The van der Waals surface area contributed by atoms with Crippen molar-refractivity contribution < 1.29 is 9.95 Å². The second-order valence-electron chi connectivity index (χ2n) is 7.96. The maximum atomic E-state index is 13.0. The minimum absolute atomic E-state index is 0.341. The Morgan fingerprint density at radius 2 is 1.66 bits per heavy atom. The van der Waals surface area contributed by atoms with Crippen LogP contribution in [0.3, 0.4) is 0 Å². The zero-order valence-corrected chi connectivity index (χ0v) is 23.0. The SMILES string of the molecule is CC1(C)N(O)C(c2ccc3c(c2)SC(=C2[Se]C4=C(SCCS4)[Se]2)S3)=[N+]([O-])C1(C)C. The molecule has 0 saturated carbocycles. The molecule has 0 bridgehead atoms. The Morgan fingerprint density at radius 1 is 1.03 bits per heavy atom. The number of nitrogens with zero attached hydrogens (tertiary/aromatic N) is 2. The molecule has 4 aliphatic rings. The van der Waals surface area contributed by atoms with E-state index in [4.69, 9.17) is 0 Å². The van der Waals surface area contributed by atoms with Crippen LogP contribution in [0, 0.1) is 5.21 Å². The van der Waals surface area contributed by atoms with E-state index in [0.29, 0.717) is 35.7 Å². The predicted molar refractivity (Wildman–Crippen MR) is 128 cm³/mol. The van der Waals surface area contributed by atoms with E-state index in [1.165, 1.54) is 25.5 Å². The number of fused-ring (bicyclic) bond motifs is 1. The Bertz CT molecular complexity index is 999. The first-order chi connectivity index (χ1) is 13.7. The van der Waals surface area contributed by atoms with Crippen molar-refractivity contribution in [1.82, 2.24) is 5.06 Å². The Kier molecular flexibility index (Phi) is 5.46. The molecule has 4 nitrogen and oxygen atoms in total. The van der Waals surface area contributed by atoms with Crippen LogP contribution >= 0.6 is 47.0 Å². The summed E-state index contributed by atoms with van der Waals surface area (Å²) in [6.07, 6.45) is 0. The number of benzene rings is 1. The van der Waals surface area contributed by atoms with Gasteiger partial charge in [0, 0.05) is 0 Å². The molecule has 4 aliphatic heterocycles. The van der Waals surface area contributed by atoms with Gasteiger partial charge in [-0.05, 0) is 0 Å². The van der Waals surface area contributed by atoms with Crippen LogP contribution < -0.4 is 0 Å². The summed E-state index contributed by atoms with van der Waals surface area (Å²) in [4.78, 5) is 2.46. The first-order valence-corrected chi connectivity index (χ1v) is 16.2. The molecule has 0 aromatic heterocycles. The molecule has 0 unspecified atom stereocenters. The second-order valence-corrected chi connectivity index (χ2v) is 19.3. The average Bonchev–Trinajstić information content (AvgIpc) is 3.33. The van der Waals surface area contributed by atoms with Crippen LogP contribution in [0.15, 0.2) is 43.2 Å². The quantitative estimate of drug-likeness (QED) is 0.291. The zero-order valence-electron chi connectivity index (χ0n) is 16.3. The van der Waals surface area contributed by atoms with Crippen molar-refractivity contribution in [1.29, 1.82) is 0 Å². The van der Waals surface area contributed by atoms with Gasteiger partial charge in [0.25, 0.3) is 0 Å². The Balaban J connectivity index is 1.45. The molecule has 29 heavy (non-hydrogen) atoms. The van der Waals surface area contributed by atoms with Crippen LogP contribution in [-0.4, -0.2) is 73.3 Å². The number of rotatable bonds is 1. The fourth-order valence-corrected chi connectivity index (χ4v) is 18.9. The summed E-state index contributed by atoms with van der Waals surface area (Å²) >= 11 is 8.87. The van der Waals surface area contributed by atoms with E-state index in [0.717, 1.165) is 15.4 Å². The molecule has 4 heterocycles. The number of hydroxylamine groups is 3. The Labute approximate surface area is 200 Å². The first kappa shape index (κ1) is 21.2. The minimum atomic E-state index is -0.722. The number of thioether (sulfide) groups is 4. The van der Waals surface area contributed by atoms with E-state index in [9.17, 15) is 10.4 Å². The summed E-state index contributed by atoms with van der Waals surface area (Å²) in [5.74, 6) is 2.85. The average molecular weight is 595 g/mol. The van der Waals surface area contributed by atoms with Gasteiger partial charge in [-0.1, -0.05) is 0 Å². The van der Waals surface area contributed by atoms with Crippen LogP contribution in [0.25, 0.3) is 0 Å². The third-order valence-corrected chi connectivity index (χ3v) is 20.3. The molecule has 0 aliphatic carbocycles. The number of hydrogen-bond acceptors (Lipinski definition) is 7. The summed E-state index contributed by atoms with van der Waals surface area (Å²) in [6, 6.07) is 6.16. The number of hydrogen-bond donors (Lipinski definition) is 1. The van der Waals surface area contributed by atoms with Gasteiger partial charge in [-0.3, -0.25) is 0 Å². The summed E-state index contributed by atoms with van der Waals surface area (Å²) < 4.78 is 7.41. The van der Waals surface area contributed by atoms with Crippen molar-refractivity contribution in [2.75, 3.05) is 11.5 Å². The molecule has 0 fully saturated rings. The molecule has 1 aromatic rings. The second kappa shape index (κ2) is 7.46. The molecule has 1 N–H and O–H groups in total. The van der Waals surface area contributed by atoms with Gasteiger partial charge in [-0.25, -0.2) is 0 Å².